The first-order valence-corrected chi connectivity index (χ1v) is 6.15. The molecule has 1 aromatic carbocycles. The van der Waals surface area contributed by atoms with Crippen molar-refractivity contribution in [3.8, 4) is 5.75 Å². The molecule has 0 aliphatic carbocycles. The van der Waals surface area contributed by atoms with Crippen LogP contribution in [0.3, 0.4) is 0 Å². The van der Waals surface area contributed by atoms with Gasteiger partial charge in [0.25, 0.3) is 0 Å². The summed E-state index contributed by atoms with van der Waals surface area (Å²) in [6.07, 6.45) is 0.116. The van der Waals surface area contributed by atoms with Gasteiger partial charge in [-0.3, -0.25) is 0 Å². The fraction of sp³-hybridized carbons (Fsp3) is 0.214. The van der Waals surface area contributed by atoms with E-state index in [1.54, 1.807) is 0 Å². The molecule has 0 amide bonds. The second-order valence-corrected chi connectivity index (χ2v) is 4.48. The van der Waals surface area contributed by atoms with Gasteiger partial charge in [-0.15, -0.1) is 0 Å². The normalized spacial score (nSPS) is 17.5. The maximum Gasteiger partial charge on any atom is 0.171 e. The fourth-order valence-electron chi connectivity index (χ4n) is 1.68. The number of hydrogen-bond donors (Lipinski definition) is 0. The zero-order chi connectivity index (χ0) is 12.4. The molecule has 0 radical (unpaired) electrons. The molecule has 1 atom stereocenters. The Hall–Kier alpha value is -1.58. The van der Waals surface area contributed by atoms with E-state index < -0.39 is 0 Å². The lowest BCUT2D eigenvalue weighted by atomic mass is 10.2. The summed E-state index contributed by atoms with van der Waals surface area (Å²) in [5, 5.41) is 0.388. The van der Waals surface area contributed by atoms with Crippen molar-refractivity contribution in [3.05, 3.63) is 58.9 Å². The summed E-state index contributed by atoms with van der Waals surface area (Å²) < 4.78 is 10.8. The van der Waals surface area contributed by atoms with Gasteiger partial charge < -0.3 is 9.47 Å². The minimum absolute atomic E-state index is 0.116. The van der Waals surface area contributed by atoms with Gasteiger partial charge in [0.1, 0.15) is 12.7 Å². The molecule has 0 saturated carbocycles. The molecule has 1 aliphatic rings. The first-order chi connectivity index (χ1) is 8.83. The summed E-state index contributed by atoms with van der Waals surface area (Å²) >= 11 is 6.08. The maximum absolute atomic E-state index is 6.08. The molecule has 1 aromatic heterocycles. The van der Waals surface area contributed by atoms with E-state index in [1.807, 2.05) is 42.5 Å². The van der Waals surface area contributed by atoms with Crippen LogP contribution in [0.4, 0.5) is 0 Å². The zero-order valence-corrected chi connectivity index (χ0v) is 10.4. The molecule has 3 nitrogen and oxygen atoms in total. The average Bonchev–Trinajstić information content (AvgIpc) is 3.23. The molecule has 4 heteroatoms. The molecule has 2 aromatic rings. The van der Waals surface area contributed by atoms with Crippen LogP contribution in [0.5, 0.6) is 5.75 Å². The smallest absolute Gasteiger partial charge is 0.171 e. The van der Waals surface area contributed by atoms with Gasteiger partial charge >= 0.3 is 0 Å². The first kappa shape index (κ1) is 11.5. The van der Waals surface area contributed by atoms with Crippen LogP contribution in [0.15, 0.2) is 42.5 Å². The second kappa shape index (κ2) is 4.96. The lowest BCUT2D eigenvalue weighted by Crippen LogP contribution is -1.97. The molecule has 1 saturated heterocycles. The Morgan fingerprint density at radius 1 is 1.22 bits per heavy atom. The Kier molecular flexibility index (Phi) is 3.17. The largest absolute Gasteiger partial charge is 0.486 e. The highest BCUT2D eigenvalue weighted by molar-refractivity contribution is 6.30. The maximum atomic E-state index is 6.08. The molecule has 2 heterocycles. The first-order valence-electron chi connectivity index (χ1n) is 5.78. The molecule has 92 valence electrons. The van der Waals surface area contributed by atoms with Crippen LogP contribution in [0.25, 0.3) is 0 Å². The summed E-state index contributed by atoms with van der Waals surface area (Å²) in [4.78, 5) is 4.26. The average molecular weight is 262 g/mol. The van der Waals surface area contributed by atoms with E-state index in [4.69, 9.17) is 21.1 Å². The Morgan fingerprint density at radius 2 is 2.00 bits per heavy atom. The van der Waals surface area contributed by atoms with Crippen molar-refractivity contribution in [1.82, 2.24) is 4.98 Å². The van der Waals surface area contributed by atoms with Crippen LogP contribution in [0.1, 0.15) is 17.4 Å². The van der Waals surface area contributed by atoms with Crippen LogP contribution in [0, 0.1) is 0 Å². The van der Waals surface area contributed by atoms with E-state index >= 15 is 0 Å². The molecule has 1 unspecified atom stereocenters. The van der Waals surface area contributed by atoms with Crippen LogP contribution in [-0.4, -0.2) is 11.6 Å². The van der Waals surface area contributed by atoms with E-state index in [0.717, 1.165) is 17.9 Å². The number of nitrogens with zero attached hydrogens (tertiary/aromatic N) is 1. The standard InChI is InChI=1S/C14H12ClNO2/c15-14-12(7-6-11(16-14)13-9-18-13)17-8-10-4-2-1-3-5-10/h1-7,13H,8-9H2. The SMILES string of the molecule is Clc1nc(C2CO2)ccc1OCc1ccccc1. The lowest BCUT2D eigenvalue weighted by molar-refractivity contribution is 0.304. The molecule has 18 heavy (non-hydrogen) atoms. The van der Waals surface area contributed by atoms with Gasteiger partial charge in [0.05, 0.1) is 12.3 Å². The molecular weight excluding hydrogens is 250 g/mol. The number of ether oxygens (including phenoxy) is 2. The predicted molar refractivity (Wildman–Crippen MR) is 68.7 cm³/mol. The van der Waals surface area contributed by atoms with Gasteiger partial charge in [-0.05, 0) is 17.7 Å². The third kappa shape index (κ3) is 2.63. The quantitative estimate of drug-likeness (QED) is 0.625. The highest BCUT2D eigenvalue weighted by Gasteiger charge is 2.26. The van der Waals surface area contributed by atoms with Gasteiger partial charge in [-0.1, -0.05) is 41.9 Å². The topological polar surface area (TPSA) is 34.7 Å². The summed E-state index contributed by atoms with van der Waals surface area (Å²) in [5.74, 6) is 0.602. The number of pyridine rings is 1. The van der Waals surface area contributed by atoms with Gasteiger partial charge in [-0.2, -0.15) is 0 Å². The molecule has 1 aliphatic heterocycles. The van der Waals surface area contributed by atoms with Gasteiger partial charge in [0.2, 0.25) is 0 Å². The van der Waals surface area contributed by atoms with Crippen LogP contribution in [-0.2, 0) is 11.3 Å². The number of rotatable bonds is 4. The van der Waals surface area contributed by atoms with Crippen molar-refractivity contribution in [1.29, 1.82) is 0 Å². The van der Waals surface area contributed by atoms with E-state index in [1.165, 1.54) is 0 Å². The molecule has 0 N–H and O–H groups in total. The van der Waals surface area contributed by atoms with E-state index in [2.05, 4.69) is 4.98 Å². The number of benzene rings is 1. The third-order valence-electron chi connectivity index (χ3n) is 2.74. The highest BCUT2D eigenvalue weighted by atomic mass is 35.5. The minimum Gasteiger partial charge on any atom is -0.486 e. The fourth-order valence-corrected chi connectivity index (χ4v) is 1.89. The Labute approximate surface area is 110 Å². The molecule has 3 rings (SSSR count). The number of aromatic nitrogens is 1. The van der Waals surface area contributed by atoms with Crippen molar-refractivity contribution in [2.75, 3.05) is 6.61 Å². The monoisotopic (exact) mass is 261 g/mol. The molecule has 1 fully saturated rings. The van der Waals surface area contributed by atoms with E-state index in [-0.39, 0.29) is 6.10 Å². The van der Waals surface area contributed by atoms with E-state index in [9.17, 15) is 0 Å². The van der Waals surface area contributed by atoms with Crippen molar-refractivity contribution in [2.45, 2.75) is 12.7 Å². The minimum atomic E-state index is 0.116. The Bertz CT molecular complexity index is 541. The Morgan fingerprint density at radius 3 is 2.67 bits per heavy atom. The zero-order valence-electron chi connectivity index (χ0n) is 9.67. The highest BCUT2D eigenvalue weighted by Crippen LogP contribution is 2.32. The van der Waals surface area contributed by atoms with Gasteiger partial charge in [0.15, 0.2) is 10.9 Å². The number of epoxide rings is 1. The third-order valence-corrected chi connectivity index (χ3v) is 3.01. The van der Waals surface area contributed by atoms with Crippen LogP contribution in [0.2, 0.25) is 5.15 Å². The Balaban J connectivity index is 1.69. The summed E-state index contributed by atoms with van der Waals surface area (Å²) in [7, 11) is 0. The van der Waals surface area contributed by atoms with Crippen molar-refractivity contribution in [2.24, 2.45) is 0 Å². The predicted octanol–water partition coefficient (Wildman–Crippen LogP) is 3.39. The van der Waals surface area contributed by atoms with Crippen molar-refractivity contribution >= 4 is 11.6 Å². The van der Waals surface area contributed by atoms with Crippen molar-refractivity contribution < 1.29 is 9.47 Å². The van der Waals surface area contributed by atoms with Crippen molar-refractivity contribution in [3.63, 3.8) is 0 Å². The van der Waals surface area contributed by atoms with Gasteiger partial charge in [-0.25, -0.2) is 4.98 Å². The molecule has 0 bridgehead atoms. The summed E-state index contributed by atoms with van der Waals surface area (Å²) in [6, 6.07) is 13.7. The van der Waals surface area contributed by atoms with E-state index in [0.29, 0.717) is 17.5 Å². The lowest BCUT2D eigenvalue weighted by Gasteiger charge is -2.08. The number of halogens is 1. The second-order valence-electron chi connectivity index (χ2n) is 4.12. The van der Waals surface area contributed by atoms with Gasteiger partial charge in [0, 0.05) is 0 Å². The van der Waals surface area contributed by atoms with Crippen LogP contribution >= 0.6 is 11.6 Å². The summed E-state index contributed by atoms with van der Waals surface area (Å²) in [6.45, 7) is 1.22. The molecule has 0 spiro atoms. The summed E-state index contributed by atoms with van der Waals surface area (Å²) in [5.41, 5.74) is 1.97. The van der Waals surface area contributed by atoms with Crippen LogP contribution < -0.4 is 4.74 Å². The number of hydrogen-bond acceptors (Lipinski definition) is 3. The molecular formula is C14H12ClNO2.